The summed E-state index contributed by atoms with van der Waals surface area (Å²) in [6.07, 6.45) is 0. The molecule has 2 rings (SSSR count). The maximum absolute atomic E-state index is 11.0. The van der Waals surface area contributed by atoms with E-state index < -0.39 is 0 Å². The van der Waals surface area contributed by atoms with E-state index >= 15 is 0 Å². The highest BCUT2D eigenvalue weighted by molar-refractivity contribution is 9.11. The molecule has 2 aromatic rings. The van der Waals surface area contributed by atoms with Gasteiger partial charge in [-0.3, -0.25) is 4.79 Å². The molecule has 0 aliphatic heterocycles. The Morgan fingerprint density at radius 1 is 1.15 bits per heavy atom. The van der Waals surface area contributed by atoms with Crippen LogP contribution in [-0.4, -0.2) is 4.98 Å². The second-order valence-corrected chi connectivity index (χ2v) is 4.44. The number of halogens is 2. The molecule has 0 unspecified atom stereocenters. The normalized spacial score (nSPS) is 10.6. The van der Waals surface area contributed by atoms with Crippen LogP contribution < -0.4 is 5.56 Å². The molecule has 66 valence electrons. The van der Waals surface area contributed by atoms with Gasteiger partial charge in [0.05, 0.1) is 5.52 Å². The molecule has 1 N–H and O–H groups in total. The lowest BCUT2D eigenvalue weighted by molar-refractivity contribution is 1.30. The molecular weight excluding hydrogens is 298 g/mol. The van der Waals surface area contributed by atoms with Crippen molar-refractivity contribution >= 4 is 42.8 Å². The Hall–Kier alpha value is -0.610. The summed E-state index contributed by atoms with van der Waals surface area (Å²) in [6, 6.07) is 7.13. The van der Waals surface area contributed by atoms with E-state index in [0.717, 1.165) is 19.8 Å². The number of nitrogens with one attached hydrogen (secondary N) is 1. The van der Waals surface area contributed by atoms with Gasteiger partial charge in [0.25, 0.3) is 0 Å². The van der Waals surface area contributed by atoms with Crippen LogP contribution >= 0.6 is 31.9 Å². The molecule has 0 atom stereocenters. The molecule has 0 bridgehead atoms. The van der Waals surface area contributed by atoms with Gasteiger partial charge in [-0.25, -0.2) is 0 Å². The summed E-state index contributed by atoms with van der Waals surface area (Å²) >= 11 is 6.78. The van der Waals surface area contributed by atoms with Gasteiger partial charge in [0.2, 0.25) is 5.56 Å². The van der Waals surface area contributed by atoms with Crippen molar-refractivity contribution in [1.82, 2.24) is 4.98 Å². The lowest BCUT2D eigenvalue weighted by atomic mass is 10.2. The van der Waals surface area contributed by atoms with Gasteiger partial charge in [0, 0.05) is 20.4 Å². The molecular formula is C9H5Br2NO. The van der Waals surface area contributed by atoms with E-state index in [1.165, 1.54) is 6.07 Å². The molecule has 1 aromatic carbocycles. The number of H-pyrrole nitrogens is 1. The van der Waals surface area contributed by atoms with Crippen LogP contribution in [0.2, 0.25) is 0 Å². The first-order valence-electron chi connectivity index (χ1n) is 3.65. The molecule has 0 amide bonds. The van der Waals surface area contributed by atoms with Crippen molar-refractivity contribution in [3.63, 3.8) is 0 Å². The molecule has 1 heterocycles. The minimum atomic E-state index is -0.0856. The topological polar surface area (TPSA) is 32.9 Å². The van der Waals surface area contributed by atoms with Crippen LogP contribution in [0.3, 0.4) is 0 Å². The molecule has 0 radical (unpaired) electrons. The van der Waals surface area contributed by atoms with Crippen LogP contribution in [0.1, 0.15) is 0 Å². The fourth-order valence-electron chi connectivity index (χ4n) is 1.19. The monoisotopic (exact) mass is 301 g/mol. The van der Waals surface area contributed by atoms with Crippen molar-refractivity contribution in [2.75, 3.05) is 0 Å². The van der Waals surface area contributed by atoms with Crippen LogP contribution in [0, 0.1) is 0 Å². The van der Waals surface area contributed by atoms with Gasteiger partial charge < -0.3 is 4.98 Å². The van der Waals surface area contributed by atoms with E-state index in [-0.39, 0.29) is 5.56 Å². The lowest BCUT2D eigenvalue weighted by Crippen LogP contribution is -2.02. The summed E-state index contributed by atoms with van der Waals surface area (Å²) in [5, 5.41) is 1.00. The second-order valence-electron chi connectivity index (χ2n) is 2.67. The Morgan fingerprint density at radius 2 is 1.92 bits per heavy atom. The molecule has 0 saturated heterocycles. The summed E-state index contributed by atoms with van der Waals surface area (Å²) in [5.41, 5.74) is 0.742. The molecule has 2 nitrogen and oxygen atoms in total. The van der Waals surface area contributed by atoms with E-state index in [2.05, 4.69) is 36.8 Å². The third kappa shape index (κ3) is 1.69. The molecule has 4 heteroatoms. The Labute approximate surface area is 91.2 Å². The predicted molar refractivity (Wildman–Crippen MR) is 60.0 cm³/mol. The minimum Gasteiger partial charge on any atom is -0.322 e. The van der Waals surface area contributed by atoms with Crippen molar-refractivity contribution in [1.29, 1.82) is 0 Å². The Morgan fingerprint density at radius 3 is 2.69 bits per heavy atom. The largest absolute Gasteiger partial charge is 0.322 e. The molecule has 0 fully saturated rings. The minimum absolute atomic E-state index is 0.0856. The van der Waals surface area contributed by atoms with Crippen LogP contribution in [0.15, 0.2) is 38.0 Å². The van der Waals surface area contributed by atoms with E-state index in [1.54, 1.807) is 6.07 Å². The summed E-state index contributed by atoms with van der Waals surface area (Å²) in [4.78, 5) is 13.8. The average Bonchev–Trinajstić information content (AvgIpc) is 2.02. The van der Waals surface area contributed by atoms with E-state index in [4.69, 9.17) is 0 Å². The zero-order valence-electron chi connectivity index (χ0n) is 6.47. The fourth-order valence-corrected chi connectivity index (χ4v) is 2.55. The smallest absolute Gasteiger partial charge is 0.248 e. The summed E-state index contributed by atoms with van der Waals surface area (Å²) in [6.45, 7) is 0. The number of hydrogen-bond donors (Lipinski definition) is 1. The van der Waals surface area contributed by atoms with Crippen molar-refractivity contribution < 1.29 is 0 Å². The van der Waals surface area contributed by atoms with Crippen molar-refractivity contribution in [2.24, 2.45) is 0 Å². The van der Waals surface area contributed by atoms with Gasteiger partial charge in [-0.05, 0) is 18.2 Å². The van der Waals surface area contributed by atoms with E-state index in [1.807, 2.05) is 12.1 Å². The predicted octanol–water partition coefficient (Wildman–Crippen LogP) is 3.05. The first-order chi connectivity index (χ1) is 6.16. The zero-order chi connectivity index (χ0) is 9.42. The lowest BCUT2D eigenvalue weighted by Gasteiger charge is -2.00. The molecule has 0 spiro atoms. The maximum Gasteiger partial charge on any atom is 0.248 e. The maximum atomic E-state index is 11.0. The molecule has 0 aliphatic carbocycles. The SMILES string of the molecule is O=c1ccc2c(Br)cc(Br)cc2[nH]1. The second kappa shape index (κ2) is 3.27. The fraction of sp³-hybridized carbons (Fsp3) is 0. The Balaban J connectivity index is 2.94. The first kappa shape index (κ1) is 8.97. The number of benzene rings is 1. The Kier molecular flexibility index (Phi) is 2.26. The molecule has 0 aliphatic rings. The average molecular weight is 303 g/mol. The van der Waals surface area contributed by atoms with Crippen LogP contribution in [0.5, 0.6) is 0 Å². The first-order valence-corrected chi connectivity index (χ1v) is 5.23. The van der Waals surface area contributed by atoms with Gasteiger partial charge in [-0.1, -0.05) is 31.9 Å². The van der Waals surface area contributed by atoms with Crippen molar-refractivity contribution in [2.45, 2.75) is 0 Å². The number of hydrogen-bond acceptors (Lipinski definition) is 1. The van der Waals surface area contributed by atoms with Crippen molar-refractivity contribution in [3.8, 4) is 0 Å². The number of aromatic amines is 1. The van der Waals surface area contributed by atoms with Gasteiger partial charge >= 0.3 is 0 Å². The molecule has 13 heavy (non-hydrogen) atoms. The standard InChI is InChI=1S/C9H5Br2NO/c10-5-3-7(11)6-1-2-9(13)12-8(6)4-5/h1-4H,(H,12,13). The van der Waals surface area contributed by atoms with Gasteiger partial charge in [0.1, 0.15) is 0 Å². The summed E-state index contributed by atoms with van der Waals surface area (Å²) in [7, 11) is 0. The number of fused-ring (bicyclic) bond motifs is 1. The van der Waals surface area contributed by atoms with E-state index in [9.17, 15) is 4.79 Å². The molecule has 1 aromatic heterocycles. The third-order valence-electron chi connectivity index (χ3n) is 1.75. The quantitative estimate of drug-likeness (QED) is 0.797. The summed E-state index contributed by atoms with van der Waals surface area (Å²) in [5.74, 6) is 0. The number of aromatic nitrogens is 1. The zero-order valence-corrected chi connectivity index (χ0v) is 9.65. The highest BCUT2D eigenvalue weighted by atomic mass is 79.9. The van der Waals surface area contributed by atoms with Gasteiger partial charge in [-0.2, -0.15) is 0 Å². The number of pyridine rings is 1. The third-order valence-corrected chi connectivity index (χ3v) is 2.87. The van der Waals surface area contributed by atoms with Crippen LogP contribution in [0.4, 0.5) is 0 Å². The van der Waals surface area contributed by atoms with Gasteiger partial charge in [-0.15, -0.1) is 0 Å². The number of rotatable bonds is 0. The highest BCUT2D eigenvalue weighted by Gasteiger charge is 2.00. The van der Waals surface area contributed by atoms with Crippen LogP contribution in [0.25, 0.3) is 10.9 Å². The highest BCUT2D eigenvalue weighted by Crippen LogP contribution is 2.26. The van der Waals surface area contributed by atoms with E-state index in [0.29, 0.717) is 0 Å². The van der Waals surface area contributed by atoms with Crippen LogP contribution in [-0.2, 0) is 0 Å². The Bertz CT molecular complexity index is 518. The molecule has 0 saturated carbocycles. The van der Waals surface area contributed by atoms with Gasteiger partial charge in [0.15, 0.2) is 0 Å². The van der Waals surface area contributed by atoms with Crippen molar-refractivity contribution in [3.05, 3.63) is 43.6 Å². The summed E-state index contributed by atoms with van der Waals surface area (Å²) < 4.78 is 1.90.